The van der Waals surface area contributed by atoms with Crippen molar-refractivity contribution in [2.45, 2.75) is 82.6 Å². The molecule has 0 bridgehead atoms. The molecule has 1 N–H and O–H groups in total. The van der Waals surface area contributed by atoms with Gasteiger partial charge in [0.2, 0.25) is 0 Å². The minimum Gasteiger partial charge on any atom is -0.495 e. The smallest absolute Gasteiger partial charge is 0.494 e. The summed E-state index contributed by atoms with van der Waals surface area (Å²) in [6, 6.07) is 5.42. The van der Waals surface area contributed by atoms with Crippen LogP contribution in [0.2, 0.25) is 0 Å². The predicted molar refractivity (Wildman–Crippen MR) is 124 cm³/mol. The SMILES string of the molecule is COc1ccc(B2OC(C)(C)C(C)(C)O2)cc1S(=O)NC1(C)CN(C(=O)OC(C)(C)C)C1. The number of benzene rings is 1. The lowest BCUT2D eigenvalue weighted by Crippen LogP contribution is -2.69. The van der Waals surface area contributed by atoms with Crippen LogP contribution in [0.5, 0.6) is 5.75 Å². The number of nitrogens with zero attached hydrogens (tertiary/aromatic N) is 1. The first kappa shape index (κ1) is 25.0. The Balaban J connectivity index is 1.72. The second kappa shape index (κ2) is 8.31. The van der Waals surface area contributed by atoms with Crippen LogP contribution in [0.3, 0.4) is 0 Å². The normalized spacial score (nSPS) is 22.3. The van der Waals surface area contributed by atoms with Crippen molar-refractivity contribution < 1.29 is 27.8 Å². The first-order chi connectivity index (χ1) is 14.6. The predicted octanol–water partition coefficient (Wildman–Crippen LogP) is 2.62. The van der Waals surface area contributed by atoms with Gasteiger partial charge in [0.1, 0.15) is 22.3 Å². The number of hydrogen-bond donors (Lipinski definition) is 1. The number of hydrogen-bond acceptors (Lipinski definition) is 6. The fraction of sp³-hybridized carbons (Fsp3) is 0.682. The zero-order chi connectivity index (χ0) is 24.1. The average Bonchev–Trinajstić information content (AvgIpc) is 2.85. The molecule has 178 valence electrons. The fourth-order valence-corrected chi connectivity index (χ4v) is 4.82. The number of likely N-dealkylation sites (tertiary alicyclic amines) is 1. The van der Waals surface area contributed by atoms with Crippen molar-refractivity contribution in [3.63, 3.8) is 0 Å². The second-order valence-corrected chi connectivity index (χ2v) is 11.9. The Labute approximate surface area is 194 Å². The van der Waals surface area contributed by atoms with E-state index in [2.05, 4.69) is 4.72 Å². The van der Waals surface area contributed by atoms with Gasteiger partial charge in [-0.25, -0.2) is 13.7 Å². The molecule has 2 aliphatic rings. The first-order valence-corrected chi connectivity index (χ1v) is 11.9. The number of methoxy groups -OCH3 is 1. The standard InChI is InChI=1S/C22H35BN2O6S/c1-19(2,3)29-18(26)25-13-22(8,14-25)24-32(27)17-12-15(10-11-16(17)28-9)23-30-20(4,5)21(6,7)31-23/h10-12,24H,13-14H2,1-9H3. The molecule has 0 saturated carbocycles. The molecule has 1 aromatic rings. The van der Waals surface area contributed by atoms with Gasteiger partial charge < -0.3 is 23.7 Å². The van der Waals surface area contributed by atoms with E-state index in [1.54, 1.807) is 24.1 Å². The molecule has 0 spiro atoms. The molecule has 1 amide bonds. The Morgan fingerprint density at radius 3 is 2.19 bits per heavy atom. The van der Waals surface area contributed by atoms with Gasteiger partial charge in [0.05, 0.1) is 28.7 Å². The maximum absolute atomic E-state index is 13.3. The summed E-state index contributed by atoms with van der Waals surface area (Å²) >= 11 is 0. The third-order valence-corrected chi connectivity index (χ3v) is 7.38. The van der Waals surface area contributed by atoms with Crippen LogP contribution in [0.25, 0.3) is 0 Å². The molecule has 32 heavy (non-hydrogen) atoms. The van der Waals surface area contributed by atoms with Crippen molar-refractivity contribution in [2.24, 2.45) is 0 Å². The van der Waals surface area contributed by atoms with E-state index in [0.717, 1.165) is 5.46 Å². The lowest BCUT2D eigenvalue weighted by molar-refractivity contribution is -0.00749. The van der Waals surface area contributed by atoms with Crippen molar-refractivity contribution in [1.29, 1.82) is 0 Å². The Bertz CT molecular complexity index is 892. The molecule has 2 aliphatic heterocycles. The molecule has 1 aromatic carbocycles. The number of carbonyl (C=O) groups is 1. The van der Waals surface area contributed by atoms with E-state index in [0.29, 0.717) is 23.7 Å². The summed E-state index contributed by atoms with van der Waals surface area (Å²) in [5.74, 6) is 0.503. The maximum Gasteiger partial charge on any atom is 0.494 e. The van der Waals surface area contributed by atoms with Crippen LogP contribution >= 0.6 is 0 Å². The van der Waals surface area contributed by atoms with Crippen molar-refractivity contribution in [3.8, 4) is 5.75 Å². The molecule has 1 unspecified atom stereocenters. The third-order valence-electron chi connectivity index (χ3n) is 5.98. The van der Waals surface area contributed by atoms with Crippen molar-refractivity contribution in [2.75, 3.05) is 20.2 Å². The van der Waals surface area contributed by atoms with Crippen LogP contribution in [0.15, 0.2) is 23.1 Å². The van der Waals surface area contributed by atoms with Crippen LogP contribution < -0.4 is 14.9 Å². The minimum absolute atomic E-state index is 0.372. The summed E-state index contributed by atoms with van der Waals surface area (Å²) in [7, 11) is -0.598. The summed E-state index contributed by atoms with van der Waals surface area (Å²) in [5, 5.41) is 0. The quantitative estimate of drug-likeness (QED) is 0.672. The van der Waals surface area contributed by atoms with Gasteiger partial charge in [0.15, 0.2) is 0 Å². The van der Waals surface area contributed by atoms with Crippen molar-refractivity contribution in [3.05, 3.63) is 18.2 Å². The molecule has 2 heterocycles. The van der Waals surface area contributed by atoms with Crippen LogP contribution in [-0.4, -0.2) is 64.9 Å². The van der Waals surface area contributed by atoms with E-state index in [9.17, 15) is 9.00 Å². The number of amides is 1. The molecular formula is C22H35BN2O6S. The van der Waals surface area contributed by atoms with E-state index in [4.69, 9.17) is 18.8 Å². The molecule has 3 rings (SSSR count). The van der Waals surface area contributed by atoms with Crippen LogP contribution in [0, 0.1) is 0 Å². The average molecular weight is 466 g/mol. The molecular weight excluding hydrogens is 431 g/mol. The lowest BCUT2D eigenvalue weighted by Gasteiger charge is -2.47. The summed E-state index contributed by atoms with van der Waals surface area (Å²) in [6.45, 7) is 16.2. The largest absolute Gasteiger partial charge is 0.495 e. The third kappa shape index (κ3) is 5.14. The fourth-order valence-electron chi connectivity index (χ4n) is 3.56. The van der Waals surface area contributed by atoms with Gasteiger partial charge in [-0.15, -0.1) is 0 Å². The molecule has 0 aliphatic carbocycles. The molecule has 10 heteroatoms. The zero-order valence-corrected chi connectivity index (χ0v) is 21.3. The monoisotopic (exact) mass is 466 g/mol. The highest BCUT2D eigenvalue weighted by atomic mass is 32.2. The zero-order valence-electron chi connectivity index (χ0n) is 20.5. The molecule has 1 atom stereocenters. The minimum atomic E-state index is -1.57. The highest BCUT2D eigenvalue weighted by Crippen LogP contribution is 2.37. The van der Waals surface area contributed by atoms with E-state index in [-0.39, 0.29) is 6.09 Å². The highest BCUT2D eigenvalue weighted by Gasteiger charge is 2.52. The van der Waals surface area contributed by atoms with Crippen molar-refractivity contribution in [1.82, 2.24) is 9.62 Å². The summed E-state index contributed by atoms with van der Waals surface area (Å²) in [4.78, 5) is 14.3. The van der Waals surface area contributed by atoms with Gasteiger partial charge in [-0.3, -0.25) is 0 Å². The van der Waals surface area contributed by atoms with Crippen LogP contribution in [-0.2, 0) is 25.0 Å². The number of nitrogens with one attached hydrogen (secondary N) is 1. The number of ether oxygens (including phenoxy) is 2. The van der Waals surface area contributed by atoms with Crippen molar-refractivity contribution >= 4 is 29.7 Å². The van der Waals surface area contributed by atoms with Gasteiger partial charge in [-0.05, 0) is 73.0 Å². The van der Waals surface area contributed by atoms with Gasteiger partial charge in [-0.1, -0.05) is 6.07 Å². The van der Waals surface area contributed by atoms with Gasteiger partial charge in [-0.2, -0.15) is 0 Å². The summed E-state index contributed by atoms with van der Waals surface area (Å²) in [5.41, 5.74) is -1.24. The Morgan fingerprint density at radius 1 is 1.12 bits per heavy atom. The first-order valence-electron chi connectivity index (χ1n) is 10.8. The van der Waals surface area contributed by atoms with Crippen LogP contribution in [0.4, 0.5) is 4.79 Å². The maximum atomic E-state index is 13.3. The molecule has 0 radical (unpaired) electrons. The number of rotatable bonds is 5. The van der Waals surface area contributed by atoms with E-state index in [1.165, 1.54) is 0 Å². The molecule has 0 aromatic heterocycles. The molecule has 8 nitrogen and oxygen atoms in total. The van der Waals surface area contributed by atoms with Gasteiger partial charge in [0.25, 0.3) is 0 Å². The summed E-state index contributed by atoms with van der Waals surface area (Å²) in [6.07, 6.45) is -0.372. The Kier molecular flexibility index (Phi) is 6.49. The molecule has 2 saturated heterocycles. The Morgan fingerprint density at radius 2 is 1.69 bits per heavy atom. The van der Waals surface area contributed by atoms with Crippen LogP contribution in [0.1, 0.15) is 55.4 Å². The molecule has 2 fully saturated rings. The van der Waals surface area contributed by atoms with Gasteiger partial charge in [0, 0.05) is 13.1 Å². The topological polar surface area (TPSA) is 86.3 Å². The Hall–Kier alpha value is -1.62. The second-order valence-electron chi connectivity index (χ2n) is 10.8. The lowest BCUT2D eigenvalue weighted by atomic mass is 9.79. The highest BCUT2D eigenvalue weighted by molar-refractivity contribution is 7.83. The van der Waals surface area contributed by atoms with E-state index in [1.807, 2.05) is 61.5 Å². The van der Waals surface area contributed by atoms with E-state index >= 15 is 0 Å². The van der Waals surface area contributed by atoms with Gasteiger partial charge >= 0.3 is 13.2 Å². The number of carbonyl (C=O) groups excluding carboxylic acids is 1. The summed E-state index contributed by atoms with van der Waals surface area (Å²) < 4.78 is 39.5. The van der Waals surface area contributed by atoms with E-state index < -0.39 is 40.4 Å².